The van der Waals surface area contributed by atoms with Gasteiger partial charge in [-0.25, -0.2) is 0 Å². The van der Waals surface area contributed by atoms with E-state index in [1.807, 2.05) is 30.4 Å². The number of allylic oxidation sites excluding steroid dienone is 5. The van der Waals surface area contributed by atoms with Crippen molar-refractivity contribution in [1.82, 2.24) is 0 Å². The minimum absolute atomic E-state index is 0.0381. The summed E-state index contributed by atoms with van der Waals surface area (Å²) in [6.07, 6.45) is 10.2. The van der Waals surface area contributed by atoms with Gasteiger partial charge in [-0.05, 0) is 36.6 Å². The molecule has 0 bridgehead atoms. The lowest BCUT2D eigenvalue weighted by Crippen LogP contribution is -2.24. The number of thiophene rings is 1. The van der Waals surface area contributed by atoms with E-state index in [-0.39, 0.29) is 11.4 Å². The molecule has 0 aliphatic heterocycles. The van der Waals surface area contributed by atoms with Crippen LogP contribution in [0.4, 0.5) is 5.00 Å². The summed E-state index contributed by atoms with van der Waals surface area (Å²) in [5.41, 5.74) is 1.97. The molecule has 4 nitrogen and oxygen atoms in total. The van der Waals surface area contributed by atoms with Crippen LogP contribution < -0.4 is 4.90 Å². The lowest BCUT2D eigenvalue weighted by Gasteiger charge is -2.22. The Balaban J connectivity index is 1.87. The normalized spacial score (nSPS) is 13.9. The van der Waals surface area contributed by atoms with Gasteiger partial charge in [0, 0.05) is 34.7 Å². The van der Waals surface area contributed by atoms with E-state index in [4.69, 9.17) is 0 Å². The summed E-state index contributed by atoms with van der Waals surface area (Å²) in [6, 6.07) is 15.3. The molecule has 0 amide bonds. The third-order valence-corrected chi connectivity index (χ3v) is 6.55. The summed E-state index contributed by atoms with van der Waals surface area (Å²) < 4.78 is 0. The number of fused-ring (bicyclic) bond motifs is 1. The van der Waals surface area contributed by atoms with Crippen molar-refractivity contribution in [3.8, 4) is 12.1 Å². The fourth-order valence-corrected chi connectivity index (χ4v) is 4.71. The van der Waals surface area contributed by atoms with E-state index >= 15 is 0 Å². The van der Waals surface area contributed by atoms with Gasteiger partial charge in [-0.2, -0.15) is 10.5 Å². The largest absolute Gasteiger partial charge is 0.363 e. The van der Waals surface area contributed by atoms with Gasteiger partial charge in [-0.15, -0.1) is 11.3 Å². The Morgan fingerprint density at radius 3 is 2.28 bits per heavy atom. The number of hydrogen-bond donors (Lipinski definition) is 0. The van der Waals surface area contributed by atoms with Crippen molar-refractivity contribution in [2.45, 2.75) is 39.5 Å². The molecule has 0 spiro atoms. The van der Waals surface area contributed by atoms with E-state index in [2.05, 4.69) is 30.9 Å². The highest BCUT2D eigenvalue weighted by Crippen LogP contribution is 2.38. The van der Waals surface area contributed by atoms with Crippen molar-refractivity contribution < 1.29 is 4.79 Å². The first kappa shape index (κ1) is 23.3. The number of nitriles is 2. The number of carbonyl (C=O) groups is 1. The summed E-state index contributed by atoms with van der Waals surface area (Å²) in [7, 11) is 0. The molecule has 2 aromatic rings. The molecule has 0 saturated heterocycles. The standard InChI is InChI=1S/C27H27N3OS/c1-3-5-16-30(17-6-4-2)25-15-14-21(32-25)10-9-13-24-26(20(18-28)19-29)22-11-7-8-12-23(22)27(24)31/h7-15H,3-6,16-17H2,1-2H3/b10-9+,24-13-. The lowest BCUT2D eigenvalue weighted by molar-refractivity contribution is 0.104. The number of hydrogen-bond acceptors (Lipinski definition) is 5. The highest BCUT2D eigenvalue weighted by molar-refractivity contribution is 7.16. The second-order valence-corrected chi connectivity index (χ2v) is 8.75. The van der Waals surface area contributed by atoms with Gasteiger partial charge in [0.2, 0.25) is 0 Å². The van der Waals surface area contributed by atoms with Crippen molar-refractivity contribution >= 4 is 33.8 Å². The molecule has 1 aliphatic carbocycles. The number of unbranched alkanes of at least 4 members (excludes halogenated alkanes) is 2. The quantitative estimate of drug-likeness (QED) is 0.317. The Hall–Kier alpha value is -3.41. The molecule has 1 aliphatic rings. The summed E-state index contributed by atoms with van der Waals surface area (Å²) in [6.45, 7) is 6.55. The van der Waals surface area contributed by atoms with Crippen molar-refractivity contribution in [2.24, 2.45) is 0 Å². The molecular weight excluding hydrogens is 414 g/mol. The van der Waals surface area contributed by atoms with Crippen LogP contribution in [0.1, 0.15) is 60.3 Å². The number of ketones is 1. The molecule has 1 aromatic carbocycles. The van der Waals surface area contributed by atoms with Crippen LogP contribution in [0.25, 0.3) is 11.6 Å². The summed E-state index contributed by atoms with van der Waals surface area (Å²) in [5, 5.41) is 20.1. The van der Waals surface area contributed by atoms with Crippen LogP contribution in [0.2, 0.25) is 0 Å². The Morgan fingerprint density at radius 1 is 1.00 bits per heavy atom. The molecule has 5 heteroatoms. The van der Waals surface area contributed by atoms with Crippen LogP contribution in [0.3, 0.4) is 0 Å². The van der Waals surface area contributed by atoms with E-state index in [1.54, 1.807) is 35.6 Å². The van der Waals surface area contributed by atoms with Gasteiger partial charge in [-0.1, -0.05) is 63.1 Å². The lowest BCUT2D eigenvalue weighted by atomic mass is 9.99. The Labute approximate surface area is 194 Å². The third kappa shape index (κ3) is 5.07. The third-order valence-electron chi connectivity index (χ3n) is 5.44. The van der Waals surface area contributed by atoms with Crippen LogP contribution in [-0.4, -0.2) is 18.9 Å². The maximum Gasteiger partial charge on any atom is 0.194 e. The maximum absolute atomic E-state index is 12.9. The zero-order valence-corrected chi connectivity index (χ0v) is 19.4. The van der Waals surface area contributed by atoms with E-state index in [0.717, 1.165) is 18.0 Å². The average Bonchev–Trinajstić information content (AvgIpc) is 3.39. The number of rotatable bonds is 9. The topological polar surface area (TPSA) is 67.9 Å². The maximum atomic E-state index is 12.9. The smallest absolute Gasteiger partial charge is 0.194 e. The van der Waals surface area contributed by atoms with Gasteiger partial charge in [-0.3, -0.25) is 4.79 Å². The molecule has 0 saturated carbocycles. The van der Waals surface area contributed by atoms with Gasteiger partial charge in [0.25, 0.3) is 0 Å². The molecule has 3 rings (SSSR count). The molecule has 0 N–H and O–H groups in total. The number of anilines is 1. The van der Waals surface area contributed by atoms with Gasteiger partial charge < -0.3 is 4.90 Å². The van der Waals surface area contributed by atoms with Crippen LogP contribution in [0, 0.1) is 22.7 Å². The van der Waals surface area contributed by atoms with E-state index in [0.29, 0.717) is 22.3 Å². The Morgan fingerprint density at radius 2 is 1.66 bits per heavy atom. The van der Waals surface area contributed by atoms with E-state index < -0.39 is 0 Å². The molecule has 32 heavy (non-hydrogen) atoms. The first-order chi connectivity index (χ1) is 15.6. The minimum atomic E-state index is -0.152. The molecule has 1 aromatic heterocycles. The molecule has 162 valence electrons. The zero-order chi connectivity index (χ0) is 22.9. The highest BCUT2D eigenvalue weighted by atomic mass is 32.1. The van der Waals surface area contributed by atoms with Crippen molar-refractivity contribution in [3.63, 3.8) is 0 Å². The fourth-order valence-electron chi connectivity index (χ4n) is 3.74. The average molecular weight is 442 g/mol. The number of nitrogens with zero attached hydrogens (tertiary/aromatic N) is 3. The van der Waals surface area contributed by atoms with Gasteiger partial charge in [0.1, 0.15) is 17.7 Å². The Kier molecular flexibility index (Phi) is 8.20. The van der Waals surface area contributed by atoms with Gasteiger partial charge in [0.15, 0.2) is 5.78 Å². The van der Waals surface area contributed by atoms with Crippen molar-refractivity contribution in [2.75, 3.05) is 18.0 Å². The van der Waals surface area contributed by atoms with Gasteiger partial charge in [0.05, 0.1) is 5.00 Å². The minimum Gasteiger partial charge on any atom is -0.363 e. The monoisotopic (exact) mass is 441 g/mol. The van der Waals surface area contributed by atoms with Crippen molar-refractivity contribution in [3.05, 3.63) is 75.7 Å². The van der Waals surface area contributed by atoms with E-state index in [9.17, 15) is 15.3 Å². The molecule has 0 unspecified atom stereocenters. The highest BCUT2D eigenvalue weighted by Gasteiger charge is 2.31. The number of Topliss-reactive ketones (excluding diaryl/α,β-unsaturated/α-hetero) is 1. The van der Waals surface area contributed by atoms with Crippen LogP contribution in [-0.2, 0) is 0 Å². The Bertz CT molecular complexity index is 1130. The van der Waals surface area contributed by atoms with Crippen LogP contribution in [0.5, 0.6) is 0 Å². The second kappa shape index (κ2) is 11.3. The van der Waals surface area contributed by atoms with Gasteiger partial charge >= 0.3 is 0 Å². The zero-order valence-electron chi connectivity index (χ0n) is 18.6. The second-order valence-electron chi connectivity index (χ2n) is 7.66. The first-order valence-electron chi connectivity index (χ1n) is 11.1. The molecule has 1 heterocycles. The van der Waals surface area contributed by atoms with E-state index in [1.165, 1.54) is 30.7 Å². The molecule has 0 atom stereocenters. The van der Waals surface area contributed by atoms with Crippen LogP contribution >= 0.6 is 11.3 Å². The molecule has 0 radical (unpaired) electrons. The first-order valence-corrected chi connectivity index (χ1v) is 11.9. The SMILES string of the molecule is CCCCN(CCCC)c1ccc(/C=C/C=C2\C(=O)c3ccccc3C2=C(C#N)C#N)s1. The molecule has 0 fully saturated rings. The summed E-state index contributed by atoms with van der Waals surface area (Å²) in [4.78, 5) is 16.5. The van der Waals surface area contributed by atoms with Crippen LogP contribution in [0.15, 0.2) is 59.7 Å². The molecular formula is C27H27N3OS. The fraction of sp³-hybridized carbons (Fsp3) is 0.296. The summed E-state index contributed by atoms with van der Waals surface area (Å²) >= 11 is 1.74. The number of carbonyl (C=O) groups excluding carboxylic acids is 1. The number of benzene rings is 1. The predicted molar refractivity (Wildman–Crippen MR) is 132 cm³/mol. The summed E-state index contributed by atoms with van der Waals surface area (Å²) in [5.74, 6) is -0.152. The van der Waals surface area contributed by atoms with Crippen molar-refractivity contribution in [1.29, 1.82) is 10.5 Å². The predicted octanol–water partition coefficient (Wildman–Crippen LogP) is 6.79.